The van der Waals surface area contributed by atoms with E-state index in [0.29, 0.717) is 15.8 Å². The first-order valence-corrected chi connectivity index (χ1v) is 10.1. The first-order valence-electron chi connectivity index (χ1n) is 7.41. The fraction of sp³-hybridized carbons (Fsp3) is 0.125. The van der Waals surface area contributed by atoms with Gasteiger partial charge in [0.25, 0.3) is 5.69 Å². The van der Waals surface area contributed by atoms with E-state index in [2.05, 4.69) is 10.3 Å². The predicted molar refractivity (Wildman–Crippen MR) is 98.8 cm³/mol. The summed E-state index contributed by atoms with van der Waals surface area (Å²) >= 11 is 1.04. The molecule has 0 fully saturated rings. The Hall–Kier alpha value is -2.85. The van der Waals surface area contributed by atoms with Gasteiger partial charge in [-0.2, -0.15) is 0 Å². The number of non-ortho nitro benzene ring substituents is 1. The molecule has 0 aliphatic rings. The number of thiazole rings is 1. The van der Waals surface area contributed by atoms with Crippen LogP contribution in [0.25, 0.3) is 10.2 Å². The molecule has 0 aliphatic carbocycles. The van der Waals surface area contributed by atoms with Crippen molar-refractivity contribution in [2.24, 2.45) is 0 Å². The summed E-state index contributed by atoms with van der Waals surface area (Å²) in [6.07, 6.45) is 0. The highest BCUT2D eigenvalue weighted by Gasteiger charge is 2.19. The van der Waals surface area contributed by atoms with Gasteiger partial charge in [-0.05, 0) is 11.6 Å². The molecule has 0 atom stereocenters. The molecule has 3 aromatic rings. The van der Waals surface area contributed by atoms with Crippen LogP contribution >= 0.6 is 11.3 Å². The molecule has 0 unspecified atom stereocenters. The maximum atomic E-state index is 12.1. The summed E-state index contributed by atoms with van der Waals surface area (Å²) in [5, 5.41) is 13.4. The third kappa shape index (κ3) is 4.41. The lowest BCUT2D eigenvalue weighted by atomic mass is 10.2. The fourth-order valence-corrected chi connectivity index (χ4v) is 4.50. The minimum atomic E-state index is -3.63. The zero-order chi connectivity index (χ0) is 18.7. The summed E-state index contributed by atoms with van der Waals surface area (Å²) in [6.45, 7) is 0. The maximum Gasteiger partial charge on any atom is 0.270 e. The Morgan fingerprint density at radius 1 is 1.19 bits per heavy atom. The van der Waals surface area contributed by atoms with Crippen molar-refractivity contribution in [3.05, 3.63) is 64.2 Å². The molecule has 3 rings (SSSR count). The van der Waals surface area contributed by atoms with Crippen LogP contribution in [0.15, 0.2) is 48.5 Å². The van der Waals surface area contributed by atoms with E-state index in [-0.39, 0.29) is 16.6 Å². The lowest BCUT2D eigenvalue weighted by Gasteiger charge is -2.04. The number of fused-ring (bicyclic) bond motifs is 1. The second-order valence-electron chi connectivity index (χ2n) is 5.49. The standard InChI is InChI=1S/C16H13N3O5S2/c20-15(10-26(23,24)9-11-4-2-1-3-5-11)18-16-17-13-7-6-12(19(21)22)8-14(13)25-16/h1-8H,9-10H2,(H,17,18,20). The van der Waals surface area contributed by atoms with Crippen LogP contribution in [-0.2, 0) is 20.4 Å². The van der Waals surface area contributed by atoms with E-state index in [1.165, 1.54) is 18.2 Å². The third-order valence-corrected chi connectivity index (χ3v) is 5.82. The van der Waals surface area contributed by atoms with Gasteiger partial charge < -0.3 is 5.32 Å². The Bertz CT molecular complexity index is 1080. The highest BCUT2D eigenvalue weighted by atomic mass is 32.2. The molecule has 8 nitrogen and oxygen atoms in total. The SMILES string of the molecule is O=C(CS(=O)(=O)Cc1ccccc1)Nc1nc2ccc([N+](=O)[O-])cc2s1. The second-order valence-corrected chi connectivity index (χ2v) is 8.59. The smallest absolute Gasteiger partial charge is 0.270 e. The summed E-state index contributed by atoms with van der Waals surface area (Å²) in [7, 11) is -3.63. The number of nitrogens with one attached hydrogen (secondary N) is 1. The molecular weight excluding hydrogens is 378 g/mol. The molecule has 1 N–H and O–H groups in total. The minimum absolute atomic E-state index is 0.0792. The number of benzene rings is 2. The van der Waals surface area contributed by atoms with Crippen LogP contribution in [0.1, 0.15) is 5.56 Å². The summed E-state index contributed by atoms with van der Waals surface area (Å²) < 4.78 is 24.8. The zero-order valence-corrected chi connectivity index (χ0v) is 14.9. The van der Waals surface area contributed by atoms with Crippen molar-refractivity contribution in [2.45, 2.75) is 5.75 Å². The number of carbonyl (C=O) groups excluding carboxylic acids is 1. The molecule has 2 aromatic carbocycles. The van der Waals surface area contributed by atoms with Crippen molar-refractivity contribution in [3.63, 3.8) is 0 Å². The third-order valence-electron chi connectivity index (χ3n) is 3.41. The summed E-state index contributed by atoms with van der Waals surface area (Å²) in [4.78, 5) is 26.4. The molecule has 1 amide bonds. The number of hydrogen-bond acceptors (Lipinski definition) is 7. The van der Waals surface area contributed by atoms with Crippen molar-refractivity contribution in [2.75, 3.05) is 11.1 Å². The van der Waals surface area contributed by atoms with E-state index >= 15 is 0 Å². The second kappa shape index (κ2) is 7.18. The van der Waals surface area contributed by atoms with Crippen molar-refractivity contribution in [1.29, 1.82) is 0 Å². The van der Waals surface area contributed by atoms with E-state index in [0.717, 1.165) is 11.3 Å². The lowest BCUT2D eigenvalue weighted by Crippen LogP contribution is -2.23. The molecular formula is C16H13N3O5S2. The summed E-state index contributed by atoms with van der Waals surface area (Å²) in [6, 6.07) is 12.7. The summed E-state index contributed by atoms with van der Waals surface area (Å²) in [5.74, 6) is -1.60. The first-order chi connectivity index (χ1) is 12.3. The average Bonchev–Trinajstić information content (AvgIpc) is 2.95. The number of sulfone groups is 1. The number of rotatable bonds is 6. The Morgan fingerprint density at radius 3 is 2.62 bits per heavy atom. The molecule has 0 spiro atoms. The van der Waals surface area contributed by atoms with Crippen LogP contribution in [0.3, 0.4) is 0 Å². The predicted octanol–water partition coefficient (Wildman–Crippen LogP) is 2.76. The average molecular weight is 391 g/mol. The van der Waals surface area contributed by atoms with Crippen LogP contribution in [0.4, 0.5) is 10.8 Å². The van der Waals surface area contributed by atoms with Crippen molar-refractivity contribution in [1.82, 2.24) is 4.98 Å². The van der Waals surface area contributed by atoms with Gasteiger partial charge in [0, 0.05) is 12.1 Å². The van der Waals surface area contributed by atoms with Gasteiger partial charge in [0.1, 0.15) is 5.75 Å². The van der Waals surface area contributed by atoms with Crippen molar-refractivity contribution in [3.8, 4) is 0 Å². The normalized spacial score (nSPS) is 11.4. The molecule has 26 heavy (non-hydrogen) atoms. The van der Waals surface area contributed by atoms with Gasteiger partial charge in [-0.25, -0.2) is 13.4 Å². The van der Waals surface area contributed by atoms with Gasteiger partial charge in [-0.1, -0.05) is 41.7 Å². The fourth-order valence-electron chi connectivity index (χ4n) is 2.31. The number of aromatic nitrogens is 1. The van der Waals surface area contributed by atoms with Gasteiger partial charge >= 0.3 is 0 Å². The number of hydrogen-bond donors (Lipinski definition) is 1. The Labute approximate surface area is 152 Å². The molecule has 0 aliphatic heterocycles. The highest BCUT2D eigenvalue weighted by molar-refractivity contribution is 7.91. The molecule has 0 saturated heterocycles. The van der Waals surface area contributed by atoms with Crippen LogP contribution in [0.2, 0.25) is 0 Å². The number of nitro groups is 1. The van der Waals surface area contributed by atoms with Gasteiger partial charge in [0.15, 0.2) is 15.0 Å². The zero-order valence-electron chi connectivity index (χ0n) is 13.3. The number of carbonyl (C=O) groups is 1. The topological polar surface area (TPSA) is 119 Å². The minimum Gasteiger partial charge on any atom is -0.301 e. The van der Waals surface area contributed by atoms with Crippen molar-refractivity contribution < 1.29 is 18.1 Å². The lowest BCUT2D eigenvalue weighted by molar-refractivity contribution is -0.384. The molecule has 0 saturated carbocycles. The van der Waals surface area contributed by atoms with Gasteiger partial charge in [0.2, 0.25) is 5.91 Å². The van der Waals surface area contributed by atoms with E-state index < -0.39 is 26.4 Å². The largest absolute Gasteiger partial charge is 0.301 e. The van der Waals surface area contributed by atoms with E-state index in [4.69, 9.17) is 0 Å². The first kappa shape index (κ1) is 18.0. The maximum absolute atomic E-state index is 12.1. The number of nitrogens with zero attached hydrogens (tertiary/aromatic N) is 2. The molecule has 0 radical (unpaired) electrons. The van der Waals surface area contributed by atoms with E-state index in [1.54, 1.807) is 30.3 Å². The van der Waals surface area contributed by atoms with Crippen LogP contribution in [0, 0.1) is 10.1 Å². The highest BCUT2D eigenvalue weighted by Crippen LogP contribution is 2.29. The monoisotopic (exact) mass is 391 g/mol. The van der Waals surface area contributed by atoms with Gasteiger partial charge in [0.05, 0.1) is 20.9 Å². The van der Waals surface area contributed by atoms with Crippen molar-refractivity contribution >= 4 is 48.1 Å². The van der Waals surface area contributed by atoms with Gasteiger partial charge in [-0.15, -0.1) is 0 Å². The molecule has 10 heteroatoms. The van der Waals surface area contributed by atoms with Gasteiger partial charge in [-0.3, -0.25) is 14.9 Å². The quantitative estimate of drug-likeness (QED) is 0.510. The molecule has 0 bridgehead atoms. The van der Waals surface area contributed by atoms with Crippen LogP contribution in [-0.4, -0.2) is 30.0 Å². The summed E-state index contributed by atoms with van der Waals surface area (Å²) in [5.41, 5.74) is 1.01. The van der Waals surface area contributed by atoms with E-state index in [1.807, 2.05) is 0 Å². The van der Waals surface area contributed by atoms with E-state index in [9.17, 15) is 23.3 Å². The Balaban J connectivity index is 1.69. The van der Waals surface area contributed by atoms with Crippen LogP contribution in [0.5, 0.6) is 0 Å². The Kier molecular flexibility index (Phi) is 4.96. The number of anilines is 1. The molecule has 1 heterocycles. The Morgan fingerprint density at radius 2 is 1.92 bits per heavy atom. The number of amides is 1. The number of nitro benzene ring substituents is 1. The molecule has 1 aromatic heterocycles. The van der Waals surface area contributed by atoms with Crippen LogP contribution < -0.4 is 5.32 Å². The molecule has 134 valence electrons.